The van der Waals surface area contributed by atoms with Gasteiger partial charge in [-0.1, -0.05) is 17.7 Å². The lowest BCUT2D eigenvalue weighted by molar-refractivity contribution is -0.128. The average molecular weight is 453 g/mol. The Kier molecular flexibility index (Phi) is 6.77. The Morgan fingerprint density at radius 2 is 1.70 bits per heavy atom. The molecule has 30 heavy (non-hydrogen) atoms. The molecule has 0 radical (unpaired) electrons. The number of benzene rings is 2. The van der Waals surface area contributed by atoms with Crippen LogP contribution in [0.15, 0.2) is 41.3 Å². The summed E-state index contributed by atoms with van der Waals surface area (Å²) >= 11 is 6.25. The molecule has 0 bridgehead atoms. The number of amides is 1. The van der Waals surface area contributed by atoms with Crippen molar-refractivity contribution in [1.82, 2.24) is 4.90 Å². The van der Waals surface area contributed by atoms with Gasteiger partial charge in [-0.25, -0.2) is 8.42 Å². The highest BCUT2D eigenvalue weighted by atomic mass is 35.5. The Bertz CT molecular complexity index is 1040. The standard InChI is InChI=1S/C21H25ClN2O5S/c1-15-6-8-19(29-3)20(12-15)30(26,27)24(14-21(25)23-10-4-5-11-23)16-7-9-18(28-2)17(22)13-16/h6-9,12-13H,4-5,10-11,14H2,1-3H3. The largest absolute Gasteiger partial charge is 0.495 e. The molecular formula is C21H25ClN2O5S. The van der Waals surface area contributed by atoms with E-state index in [-0.39, 0.29) is 33.8 Å². The smallest absolute Gasteiger partial charge is 0.268 e. The van der Waals surface area contributed by atoms with Gasteiger partial charge in [-0.3, -0.25) is 9.10 Å². The van der Waals surface area contributed by atoms with Crippen molar-refractivity contribution < 1.29 is 22.7 Å². The average Bonchev–Trinajstić information content (AvgIpc) is 3.26. The van der Waals surface area contributed by atoms with Crippen LogP contribution < -0.4 is 13.8 Å². The van der Waals surface area contributed by atoms with Gasteiger partial charge in [0.25, 0.3) is 10.0 Å². The fourth-order valence-corrected chi connectivity index (χ4v) is 5.32. The Balaban J connectivity index is 2.09. The van der Waals surface area contributed by atoms with E-state index < -0.39 is 10.0 Å². The Hall–Kier alpha value is -2.45. The molecule has 0 N–H and O–H groups in total. The molecule has 0 aromatic heterocycles. The summed E-state index contributed by atoms with van der Waals surface area (Å²) in [7, 11) is -1.23. The topological polar surface area (TPSA) is 76.2 Å². The summed E-state index contributed by atoms with van der Waals surface area (Å²) in [5.74, 6) is 0.366. The summed E-state index contributed by atoms with van der Waals surface area (Å²) in [6, 6.07) is 9.53. The molecular weight excluding hydrogens is 428 g/mol. The van der Waals surface area contributed by atoms with Gasteiger partial charge in [-0.05, 0) is 55.7 Å². The first kappa shape index (κ1) is 22.2. The Labute approximate surface area is 182 Å². The summed E-state index contributed by atoms with van der Waals surface area (Å²) < 4.78 is 38.9. The maximum Gasteiger partial charge on any atom is 0.268 e. The van der Waals surface area contributed by atoms with Crippen molar-refractivity contribution in [3.63, 3.8) is 0 Å². The van der Waals surface area contributed by atoms with Gasteiger partial charge >= 0.3 is 0 Å². The van der Waals surface area contributed by atoms with Gasteiger partial charge in [0.15, 0.2) is 0 Å². The second kappa shape index (κ2) is 9.14. The third kappa shape index (κ3) is 4.49. The molecule has 9 heteroatoms. The highest BCUT2D eigenvalue weighted by Gasteiger charge is 2.32. The number of likely N-dealkylation sites (tertiary alicyclic amines) is 1. The molecule has 0 unspecified atom stereocenters. The van der Waals surface area contributed by atoms with Crippen molar-refractivity contribution >= 4 is 33.2 Å². The number of hydrogen-bond acceptors (Lipinski definition) is 5. The fourth-order valence-electron chi connectivity index (χ4n) is 3.42. The number of methoxy groups -OCH3 is 2. The lowest BCUT2D eigenvalue weighted by Crippen LogP contribution is -2.42. The van der Waals surface area contributed by atoms with E-state index in [9.17, 15) is 13.2 Å². The maximum absolute atomic E-state index is 13.7. The number of halogens is 1. The summed E-state index contributed by atoms with van der Waals surface area (Å²) in [6.45, 7) is 2.72. The van der Waals surface area contributed by atoms with Crippen LogP contribution in [0.3, 0.4) is 0 Å². The van der Waals surface area contributed by atoms with E-state index in [4.69, 9.17) is 21.1 Å². The van der Waals surface area contributed by atoms with Crippen molar-refractivity contribution in [2.45, 2.75) is 24.7 Å². The monoisotopic (exact) mass is 452 g/mol. The lowest BCUT2D eigenvalue weighted by atomic mass is 10.2. The quantitative estimate of drug-likeness (QED) is 0.642. The molecule has 0 spiro atoms. The van der Waals surface area contributed by atoms with Crippen LogP contribution in [0.4, 0.5) is 5.69 Å². The number of nitrogens with zero attached hydrogens (tertiary/aromatic N) is 2. The molecule has 0 aliphatic carbocycles. The summed E-state index contributed by atoms with van der Waals surface area (Å²) in [6.07, 6.45) is 1.83. The van der Waals surface area contributed by atoms with E-state index in [0.29, 0.717) is 18.8 Å². The maximum atomic E-state index is 13.7. The second-order valence-electron chi connectivity index (χ2n) is 7.07. The minimum Gasteiger partial charge on any atom is -0.495 e. The summed E-state index contributed by atoms with van der Waals surface area (Å²) in [4.78, 5) is 14.5. The number of carbonyl (C=O) groups excluding carboxylic acids is 1. The van der Waals surface area contributed by atoms with Crippen molar-refractivity contribution in [2.75, 3.05) is 38.2 Å². The molecule has 162 valence electrons. The molecule has 2 aromatic rings. The molecule has 2 aromatic carbocycles. The molecule has 3 rings (SSSR count). The second-order valence-corrected chi connectivity index (χ2v) is 9.31. The van der Waals surface area contributed by atoms with Crippen LogP contribution >= 0.6 is 11.6 Å². The Morgan fingerprint density at radius 3 is 2.30 bits per heavy atom. The molecule has 1 amide bonds. The number of anilines is 1. The zero-order chi connectivity index (χ0) is 21.9. The van der Waals surface area contributed by atoms with Gasteiger partial charge in [-0.15, -0.1) is 0 Å². The molecule has 1 fully saturated rings. The summed E-state index contributed by atoms with van der Waals surface area (Å²) in [5, 5.41) is 0.250. The SMILES string of the molecule is COc1ccc(N(CC(=O)N2CCCC2)S(=O)(=O)c2cc(C)ccc2OC)cc1Cl. The fraction of sp³-hybridized carbons (Fsp3) is 0.381. The summed E-state index contributed by atoms with van der Waals surface area (Å²) in [5.41, 5.74) is 1.03. The van der Waals surface area contributed by atoms with E-state index in [1.807, 2.05) is 0 Å². The molecule has 1 aliphatic heterocycles. The highest BCUT2D eigenvalue weighted by Crippen LogP contribution is 2.34. The minimum atomic E-state index is -4.12. The van der Waals surface area contributed by atoms with E-state index >= 15 is 0 Å². The van der Waals surface area contributed by atoms with Gasteiger partial charge in [-0.2, -0.15) is 0 Å². The number of hydrogen-bond donors (Lipinski definition) is 0. The predicted octanol–water partition coefficient (Wildman–Crippen LogP) is 3.48. The van der Waals surface area contributed by atoms with Gasteiger partial charge in [0.05, 0.1) is 24.9 Å². The van der Waals surface area contributed by atoms with Crippen LogP contribution in [0, 0.1) is 6.92 Å². The van der Waals surface area contributed by atoms with Crippen LogP contribution in [0.5, 0.6) is 11.5 Å². The third-order valence-corrected chi connectivity index (χ3v) is 7.14. The molecule has 1 heterocycles. The molecule has 0 atom stereocenters. The van der Waals surface area contributed by atoms with Gasteiger partial charge in [0.1, 0.15) is 22.9 Å². The predicted molar refractivity (Wildman–Crippen MR) is 116 cm³/mol. The minimum absolute atomic E-state index is 0.00818. The lowest BCUT2D eigenvalue weighted by Gasteiger charge is -2.27. The number of carbonyl (C=O) groups is 1. The van der Waals surface area contributed by atoms with Crippen molar-refractivity contribution in [3.8, 4) is 11.5 Å². The van der Waals surface area contributed by atoms with Gasteiger partial charge in [0, 0.05) is 13.1 Å². The van der Waals surface area contributed by atoms with Crippen LogP contribution in [0.1, 0.15) is 18.4 Å². The van der Waals surface area contributed by atoms with Crippen molar-refractivity contribution in [1.29, 1.82) is 0 Å². The first-order valence-electron chi connectivity index (χ1n) is 9.56. The molecule has 1 saturated heterocycles. The third-order valence-electron chi connectivity index (χ3n) is 5.05. The highest BCUT2D eigenvalue weighted by molar-refractivity contribution is 7.93. The molecule has 7 nitrogen and oxygen atoms in total. The van der Waals surface area contributed by atoms with Crippen LogP contribution in [-0.2, 0) is 14.8 Å². The Morgan fingerprint density at radius 1 is 1.07 bits per heavy atom. The van der Waals surface area contributed by atoms with Gasteiger partial charge < -0.3 is 14.4 Å². The van der Waals surface area contributed by atoms with Crippen LogP contribution in [0.25, 0.3) is 0 Å². The van der Waals surface area contributed by atoms with E-state index in [2.05, 4.69) is 0 Å². The first-order chi connectivity index (χ1) is 14.3. The first-order valence-corrected chi connectivity index (χ1v) is 11.4. The van der Waals surface area contributed by atoms with E-state index in [1.165, 1.54) is 26.4 Å². The molecule has 0 saturated carbocycles. The zero-order valence-electron chi connectivity index (χ0n) is 17.2. The van der Waals surface area contributed by atoms with Gasteiger partial charge in [0.2, 0.25) is 5.91 Å². The van der Waals surface area contributed by atoms with E-state index in [0.717, 1.165) is 22.7 Å². The molecule has 1 aliphatic rings. The number of ether oxygens (including phenoxy) is 2. The number of aryl methyl sites for hydroxylation is 1. The number of sulfonamides is 1. The van der Waals surface area contributed by atoms with Crippen molar-refractivity contribution in [3.05, 3.63) is 47.0 Å². The van der Waals surface area contributed by atoms with E-state index in [1.54, 1.807) is 36.1 Å². The normalized spacial score (nSPS) is 13.9. The van der Waals surface area contributed by atoms with Crippen LogP contribution in [0.2, 0.25) is 5.02 Å². The zero-order valence-corrected chi connectivity index (χ0v) is 18.8. The van der Waals surface area contributed by atoms with Crippen LogP contribution in [-0.4, -0.2) is 53.1 Å². The van der Waals surface area contributed by atoms with Crippen molar-refractivity contribution in [2.24, 2.45) is 0 Å². The number of rotatable bonds is 7.